The molecule has 0 atom stereocenters. The SMILES string of the molecule is [Fe+3].[O-2].[O-2].[O-2].[O-2].[V]. The van der Waals surface area contributed by atoms with Gasteiger partial charge >= 0.3 is 17.1 Å². The summed E-state index contributed by atoms with van der Waals surface area (Å²) in [5, 5.41) is 0. The molecule has 0 heterocycles. The monoisotopic (exact) mass is 171 g/mol. The molecule has 0 aromatic carbocycles. The van der Waals surface area contributed by atoms with Gasteiger partial charge in [0.15, 0.2) is 0 Å². The molecule has 0 aliphatic rings. The van der Waals surface area contributed by atoms with Crippen molar-refractivity contribution in [3.05, 3.63) is 0 Å². The van der Waals surface area contributed by atoms with Crippen LogP contribution in [0.15, 0.2) is 0 Å². The third-order valence-electron chi connectivity index (χ3n) is 0. The van der Waals surface area contributed by atoms with E-state index in [4.69, 9.17) is 0 Å². The van der Waals surface area contributed by atoms with E-state index in [1.807, 2.05) is 0 Å². The average molecular weight is 171 g/mol. The molecule has 0 amide bonds. The topological polar surface area (TPSA) is 114 Å². The van der Waals surface area contributed by atoms with Crippen molar-refractivity contribution in [2.45, 2.75) is 0 Å². The van der Waals surface area contributed by atoms with Crippen LogP contribution in [0.2, 0.25) is 0 Å². The summed E-state index contributed by atoms with van der Waals surface area (Å²) < 4.78 is 0. The largest absolute Gasteiger partial charge is 3.00 e. The quantitative estimate of drug-likeness (QED) is 0.437. The van der Waals surface area contributed by atoms with Gasteiger partial charge in [0.2, 0.25) is 0 Å². The Morgan fingerprint density at radius 1 is 0.500 bits per heavy atom. The first-order valence-electron chi connectivity index (χ1n) is 0. The van der Waals surface area contributed by atoms with Crippen molar-refractivity contribution in [1.82, 2.24) is 0 Å². The van der Waals surface area contributed by atoms with Crippen LogP contribution in [-0.4, -0.2) is 0 Å². The minimum absolute atomic E-state index is 0. The summed E-state index contributed by atoms with van der Waals surface area (Å²) in [5.74, 6) is 0. The first kappa shape index (κ1) is 275. The number of hydrogen-bond donors (Lipinski definition) is 0. The van der Waals surface area contributed by atoms with E-state index in [2.05, 4.69) is 0 Å². The molecule has 0 rings (SSSR count). The Morgan fingerprint density at radius 2 is 0.500 bits per heavy atom. The standard InChI is InChI=1S/Fe.4O.V/q+3;4*-2;. The van der Waals surface area contributed by atoms with Crippen LogP contribution in [0.3, 0.4) is 0 Å². The Balaban J connectivity index is 0. The fraction of sp³-hybridized carbons (Fsp3) is 0. The van der Waals surface area contributed by atoms with Gasteiger partial charge in [0, 0.05) is 18.6 Å². The summed E-state index contributed by atoms with van der Waals surface area (Å²) in [5.41, 5.74) is 0. The van der Waals surface area contributed by atoms with Crippen LogP contribution < -0.4 is 0 Å². The molecular formula is FeO4V-5. The summed E-state index contributed by atoms with van der Waals surface area (Å²) in [4.78, 5) is 0. The van der Waals surface area contributed by atoms with Crippen molar-refractivity contribution in [1.29, 1.82) is 0 Å². The van der Waals surface area contributed by atoms with Crippen molar-refractivity contribution in [2.75, 3.05) is 0 Å². The maximum absolute atomic E-state index is 0. The predicted octanol–water partition coefficient (Wildman–Crippen LogP) is -0.480. The molecule has 0 aromatic heterocycles. The van der Waals surface area contributed by atoms with E-state index in [-0.39, 0.29) is 57.5 Å². The summed E-state index contributed by atoms with van der Waals surface area (Å²) in [7, 11) is 0. The van der Waals surface area contributed by atoms with Gasteiger partial charge in [-0.3, -0.25) is 0 Å². The van der Waals surface area contributed by atoms with Gasteiger partial charge in [0.1, 0.15) is 0 Å². The minimum atomic E-state index is 0. The minimum Gasteiger partial charge on any atom is -2.00 e. The second-order valence-corrected chi connectivity index (χ2v) is 0. The van der Waals surface area contributed by atoms with Crippen molar-refractivity contribution >= 4 is 0 Å². The first-order chi connectivity index (χ1) is 0. The van der Waals surface area contributed by atoms with Crippen LogP contribution >= 0.6 is 0 Å². The molecule has 0 bridgehead atoms. The maximum Gasteiger partial charge on any atom is 3.00 e. The van der Waals surface area contributed by atoms with E-state index in [1.165, 1.54) is 0 Å². The van der Waals surface area contributed by atoms with Gasteiger partial charge < -0.3 is 21.9 Å². The Kier molecular flexibility index (Phi) is 7480. The smallest absolute Gasteiger partial charge is 2.00 e. The third kappa shape index (κ3) is 86.3. The van der Waals surface area contributed by atoms with Crippen LogP contribution in [-0.2, 0) is 57.5 Å². The molecule has 0 unspecified atom stereocenters. The fourth-order valence-corrected chi connectivity index (χ4v) is 0. The fourth-order valence-electron chi connectivity index (χ4n) is 0. The normalized spacial score (nSPS) is 0. The Labute approximate surface area is 57.9 Å². The summed E-state index contributed by atoms with van der Waals surface area (Å²) in [6, 6.07) is 0. The zero-order valence-electron chi connectivity index (χ0n) is 2.43. The van der Waals surface area contributed by atoms with Gasteiger partial charge in [-0.1, -0.05) is 0 Å². The predicted molar refractivity (Wildman–Crippen MR) is 2.75 cm³/mol. The van der Waals surface area contributed by atoms with E-state index in [0.717, 1.165) is 0 Å². The van der Waals surface area contributed by atoms with Crippen LogP contribution in [0.1, 0.15) is 0 Å². The second kappa shape index (κ2) is 163. The van der Waals surface area contributed by atoms with Crippen molar-refractivity contribution in [3.63, 3.8) is 0 Å². The van der Waals surface area contributed by atoms with Crippen molar-refractivity contribution < 1.29 is 57.5 Å². The van der Waals surface area contributed by atoms with Gasteiger partial charge in [0.25, 0.3) is 0 Å². The van der Waals surface area contributed by atoms with Crippen molar-refractivity contribution in [3.8, 4) is 0 Å². The van der Waals surface area contributed by atoms with Gasteiger partial charge in [-0.05, 0) is 0 Å². The van der Waals surface area contributed by atoms with Gasteiger partial charge in [-0.25, -0.2) is 0 Å². The molecule has 0 N–H and O–H groups in total. The van der Waals surface area contributed by atoms with Gasteiger partial charge in [0.05, 0.1) is 0 Å². The Morgan fingerprint density at radius 3 is 0.500 bits per heavy atom. The van der Waals surface area contributed by atoms with E-state index in [0.29, 0.717) is 0 Å². The van der Waals surface area contributed by atoms with Gasteiger partial charge in [-0.15, -0.1) is 0 Å². The maximum atomic E-state index is 0. The Hall–Kier alpha value is 0.944. The molecule has 0 aromatic rings. The molecule has 42 valence electrons. The van der Waals surface area contributed by atoms with E-state index in [1.54, 1.807) is 0 Å². The zero-order chi connectivity index (χ0) is 0. The second-order valence-electron chi connectivity index (χ2n) is 0. The van der Waals surface area contributed by atoms with Crippen LogP contribution in [0.25, 0.3) is 0 Å². The molecule has 0 aliphatic carbocycles. The van der Waals surface area contributed by atoms with Crippen LogP contribution in [0.5, 0.6) is 0 Å². The number of rotatable bonds is 0. The molecular weight excluding hydrogens is 171 g/mol. The average Bonchev–Trinajstić information content (AvgIpc) is 0. The molecule has 6 heteroatoms. The summed E-state index contributed by atoms with van der Waals surface area (Å²) >= 11 is 0. The van der Waals surface area contributed by atoms with E-state index < -0.39 is 0 Å². The number of hydrogen-bond acceptors (Lipinski definition) is 0. The van der Waals surface area contributed by atoms with E-state index >= 15 is 0 Å². The molecule has 0 fully saturated rings. The molecule has 0 saturated carbocycles. The van der Waals surface area contributed by atoms with Crippen molar-refractivity contribution in [2.24, 2.45) is 0 Å². The molecule has 0 aliphatic heterocycles. The summed E-state index contributed by atoms with van der Waals surface area (Å²) in [6.45, 7) is 0. The first-order valence-corrected chi connectivity index (χ1v) is 0. The summed E-state index contributed by atoms with van der Waals surface area (Å²) in [6.07, 6.45) is 0. The Bertz CT molecular complexity index is 7.51. The molecule has 0 spiro atoms. The molecule has 2 radical (unpaired) electrons. The van der Waals surface area contributed by atoms with Crippen LogP contribution in [0, 0.1) is 0 Å². The van der Waals surface area contributed by atoms with Gasteiger partial charge in [-0.2, -0.15) is 0 Å². The van der Waals surface area contributed by atoms with E-state index in [9.17, 15) is 0 Å². The third-order valence-corrected chi connectivity index (χ3v) is 0. The molecule has 6 heavy (non-hydrogen) atoms. The molecule has 4 nitrogen and oxygen atoms in total. The molecule has 0 saturated heterocycles. The van der Waals surface area contributed by atoms with Crippen LogP contribution in [0.4, 0.5) is 0 Å². The zero-order valence-corrected chi connectivity index (χ0v) is 4.93.